The first-order chi connectivity index (χ1) is 26.8. The molecule has 0 saturated heterocycles. The lowest BCUT2D eigenvalue weighted by Gasteiger charge is -2.20. The molecule has 0 amide bonds. The van der Waals surface area contributed by atoms with Crippen molar-refractivity contribution >= 4 is 87.0 Å². The van der Waals surface area contributed by atoms with E-state index in [1.165, 1.54) is 70.9 Å². The molecular formula is C52H30O2. The lowest BCUT2D eigenvalue weighted by molar-refractivity contribution is 0.663. The Morgan fingerprint density at radius 1 is 0.259 bits per heavy atom. The maximum atomic E-state index is 6.44. The lowest BCUT2D eigenvalue weighted by atomic mass is 9.83. The van der Waals surface area contributed by atoms with Crippen LogP contribution in [0.15, 0.2) is 191 Å². The summed E-state index contributed by atoms with van der Waals surface area (Å²) in [6, 6.07) is 65.8. The summed E-state index contributed by atoms with van der Waals surface area (Å²) >= 11 is 0. The van der Waals surface area contributed by atoms with Crippen LogP contribution in [0.1, 0.15) is 0 Å². The maximum absolute atomic E-state index is 6.44. The normalized spacial score (nSPS) is 12.1. The van der Waals surface area contributed by atoms with Gasteiger partial charge in [-0.05, 0) is 113 Å². The number of hydrogen-bond donors (Lipinski definition) is 0. The number of rotatable bonds is 3. The van der Waals surface area contributed by atoms with E-state index in [9.17, 15) is 0 Å². The van der Waals surface area contributed by atoms with Crippen LogP contribution in [-0.2, 0) is 0 Å². The fourth-order valence-corrected chi connectivity index (χ4v) is 9.09. The quantitative estimate of drug-likeness (QED) is 0.173. The average Bonchev–Trinajstić information content (AvgIpc) is 3.80. The smallest absolute Gasteiger partial charge is 0.136 e. The van der Waals surface area contributed by atoms with E-state index in [1.807, 2.05) is 24.3 Å². The molecule has 0 aliphatic rings. The van der Waals surface area contributed by atoms with Crippen LogP contribution in [0.25, 0.3) is 120 Å². The zero-order valence-corrected chi connectivity index (χ0v) is 29.1. The molecule has 0 fully saturated rings. The van der Waals surface area contributed by atoms with Gasteiger partial charge in [0.05, 0.1) is 0 Å². The summed E-state index contributed by atoms with van der Waals surface area (Å²) in [6.07, 6.45) is 0. The van der Waals surface area contributed by atoms with E-state index in [4.69, 9.17) is 8.83 Å². The Morgan fingerprint density at radius 3 is 1.44 bits per heavy atom. The molecule has 2 aromatic heterocycles. The van der Waals surface area contributed by atoms with E-state index in [0.29, 0.717) is 0 Å². The first-order valence-electron chi connectivity index (χ1n) is 18.5. The second-order valence-corrected chi connectivity index (χ2v) is 14.3. The van der Waals surface area contributed by atoms with Crippen molar-refractivity contribution in [3.63, 3.8) is 0 Å². The Labute approximate surface area is 310 Å². The summed E-state index contributed by atoms with van der Waals surface area (Å²) in [4.78, 5) is 0. The summed E-state index contributed by atoms with van der Waals surface area (Å²) in [5, 5.41) is 14.3. The number of furan rings is 2. The molecule has 0 saturated carbocycles. The van der Waals surface area contributed by atoms with Gasteiger partial charge in [-0.25, -0.2) is 0 Å². The van der Waals surface area contributed by atoms with Gasteiger partial charge in [-0.3, -0.25) is 0 Å². The molecule has 0 unspecified atom stereocenters. The molecule has 0 bridgehead atoms. The van der Waals surface area contributed by atoms with Crippen molar-refractivity contribution in [1.82, 2.24) is 0 Å². The second kappa shape index (κ2) is 11.2. The third-order valence-corrected chi connectivity index (χ3v) is 11.4. The highest BCUT2D eigenvalue weighted by Crippen LogP contribution is 2.47. The lowest BCUT2D eigenvalue weighted by Crippen LogP contribution is -1.92. The van der Waals surface area contributed by atoms with Gasteiger partial charge < -0.3 is 8.83 Å². The average molecular weight is 687 g/mol. The minimum atomic E-state index is 0.868. The van der Waals surface area contributed by atoms with E-state index >= 15 is 0 Å². The fraction of sp³-hybridized carbons (Fsp3) is 0. The van der Waals surface area contributed by atoms with Crippen molar-refractivity contribution in [2.45, 2.75) is 0 Å². The summed E-state index contributed by atoms with van der Waals surface area (Å²) < 4.78 is 12.7. The van der Waals surface area contributed by atoms with Crippen LogP contribution in [0.3, 0.4) is 0 Å². The molecule has 250 valence electrons. The zero-order chi connectivity index (χ0) is 35.3. The van der Waals surface area contributed by atoms with E-state index in [2.05, 4.69) is 158 Å². The first kappa shape index (κ1) is 29.4. The van der Waals surface area contributed by atoms with E-state index in [0.717, 1.165) is 49.4 Å². The molecule has 0 N–H and O–H groups in total. The van der Waals surface area contributed by atoms with Gasteiger partial charge in [0.15, 0.2) is 0 Å². The van der Waals surface area contributed by atoms with Gasteiger partial charge in [0, 0.05) is 21.5 Å². The summed E-state index contributed by atoms with van der Waals surface area (Å²) in [7, 11) is 0. The zero-order valence-electron chi connectivity index (χ0n) is 29.1. The highest BCUT2D eigenvalue weighted by Gasteiger charge is 2.21. The molecule has 2 heteroatoms. The molecule has 0 aliphatic heterocycles. The molecule has 0 atom stereocenters. The molecule has 0 radical (unpaired) electrons. The Bertz CT molecular complexity index is 3450. The Balaban J connectivity index is 1.10. The largest absolute Gasteiger partial charge is 0.456 e. The second-order valence-electron chi connectivity index (χ2n) is 14.3. The van der Waals surface area contributed by atoms with E-state index in [1.54, 1.807) is 0 Å². The minimum Gasteiger partial charge on any atom is -0.456 e. The molecule has 0 aliphatic carbocycles. The summed E-state index contributed by atoms with van der Waals surface area (Å²) in [5.74, 6) is 0. The number of fused-ring (bicyclic) bond motifs is 11. The van der Waals surface area contributed by atoms with Crippen LogP contribution in [-0.4, -0.2) is 0 Å². The van der Waals surface area contributed by atoms with Gasteiger partial charge in [0.1, 0.15) is 22.3 Å². The van der Waals surface area contributed by atoms with Crippen molar-refractivity contribution in [1.29, 1.82) is 0 Å². The molecule has 12 aromatic rings. The maximum Gasteiger partial charge on any atom is 0.136 e. The Morgan fingerprint density at radius 2 is 0.741 bits per heavy atom. The van der Waals surface area contributed by atoms with Gasteiger partial charge in [-0.15, -0.1) is 0 Å². The van der Waals surface area contributed by atoms with Gasteiger partial charge in [0.25, 0.3) is 0 Å². The van der Waals surface area contributed by atoms with Gasteiger partial charge in [-0.1, -0.05) is 146 Å². The highest BCUT2D eigenvalue weighted by molar-refractivity contribution is 6.27. The van der Waals surface area contributed by atoms with Crippen LogP contribution in [0.2, 0.25) is 0 Å². The fourth-order valence-electron chi connectivity index (χ4n) is 9.09. The van der Waals surface area contributed by atoms with Crippen molar-refractivity contribution < 1.29 is 8.83 Å². The Hall–Kier alpha value is -7.16. The number of para-hydroxylation sites is 1. The SMILES string of the molecule is c1ccc2cc(-c3c4ccccc4c(-c4ccc(-c5ccc6oc7ccc8oc9ccccc9c8c7c6c5)c5ccccc45)c4ccccc34)ccc2c1. The number of hydrogen-bond acceptors (Lipinski definition) is 2. The summed E-state index contributed by atoms with van der Waals surface area (Å²) in [6.45, 7) is 0. The topological polar surface area (TPSA) is 26.3 Å². The molecule has 2 heterocycles. The molecule has 2 nitrogen and oxygen atoms in total. The van der Waals surface area contributed by atoms with Crippen LogP contribution in [0.5, 0.6) is 0 Å². The van der Waals surface area contributed by atoms with E-state index < -0.39 is 0 Å². The minimum absolute atomic E-state index is 0.868. The van der Waals surface area contributed by atoms with Crippen molar-refractivity contribution in [2.24, 2.45) is 0 Å². The van der Waals surface area contributed by atoms with Crippen molar-refractivity contribution in [2.75, 3.05) is 0 Å². The molecule has 10 aromatic carbocycles. The third kappa shape index (κ3) is 4.17. The standard InChI is InChI=1S/C52H30O2/c1-2-12-32-29-34(22-21-31(32)11-1)49-38-15-5-7-17-40(38)50(41-18-8-6-16-39(41)49)42-25-24-35(36-13-3-4-14-37(36)42)33-23-26-46-44(30-33)52-48(54-46)28-27-47-51(52)43-19-9-10-20-45(43)53-47/h1-30H. The Kier molecular flexibility index (Phi) is 6.09. The third-order valence-electron chi connectivity index (χ3n) is 11.4. The van der Waals surface area contributed by atoms with Crippen LogP contribution in [0, 0.1) is 0 Å². The van der Waals surface area contributed by atoms with Crippen LogP contribution < -0.4 is 0 Å². The molecular weight excluding hydrogens is 657 g/mol. The molecule has 0 spiro atoms. The van der Waals surface area contributed by atoms with E-state index in [-0.39, 0.29) is 0 Å². The molecule has 54 heavy (non-hydrogen) atoms. The predicted molar refractivity (Wildman–Crippen MR) is 227 cm³/mol. The summed E-state index contributed by atoms with van der Waals surface area (Å²) in [5.41, 5.74) is 10.8. The van der Waals surface area contributed by atoms with Crippen LogP contribution >= 0.6 is 0 Å². The molecule has 12 rings (SSSR count). The monoisotopic (exact) mass is 686 g/mol. The van der Waals surface area contributed by atoms with Gasteiger partial charge >= 0.3 is 0 Å². The van der Waals surface area contributed by atoms with Crippen molar-refractivity contribution in [3.8, 4) is 33.4 Å². The van der Waals surface area contributed by atoms with Crippen LogP contribution in [0.4, 0.5) is 0 Å². The highest BCUT2D eigenvalue weighted by atomic mass is 16.3. The van der Waals surface area contributed by atoms with Gasteiger partial charge in [-0.2, -0.15) is 0 Å². The first-order valence-corrected chi connectivity index (χ1v) is 18.5. The van der Waals surface area contributed by atoms with Gasteiger partial charge in [0.2, 0.25) is 0 Å². The van der Waals surface area contributed by atoms with Crippen molar-refractivity contribution in [3.05, 3.63) is 182 Å². The number of benzene rings is 10. The predicted octanol–water partition coefficient (Wildman–Crippen LogP) is 15.1.